The lowest BCUT2D eigenvalue weighted by molar-refractivity contribution is 0.787. The lowest BCUT2D eigenvalue weighted by Gasteiger charge is -2.10. The first-order valence-corrected chi connectivity index (χ1v) is 6.93. The van der Waals surface area contributed by atoms with Crippen molar-refractivity contribution in [3.63, 3.8) is 0 Å². The van der Waals surface area contributed by atoms with Gasteiger partial charge in [0.2, 0.25) is 0 Å². The van der Waals surface area contributed by atoms with Crippen molar-refractivity contribution in [1.82, 2.24) is 9.55 Å². The molecule has 0 atom stereocenters. The Hall–Kier alpha value is -2.14. The van der Waals surface area contributed by atoms with E-state index in [0.717, 1.165) is 21.1 Å². The molecule has 4 nitrogen and oxygen atoms in total. The Balaban J connectivity index is 2.12. The van der Waals surface area contributed by atoms with Crippen molar-refractivity contribution in [1.29, 1.82) is 0 Å². The van der Waals surface area contributed by atoms with E-state index in [1.165, 1.54) is 6.20 Å². The normalized spacial score (nSPS) is 10.8. The Bertz CT molecular complexity index is 842. The van der Waals surface area contributed by atoms with Crippen LogP contribution in [0.5, 0.6) is 0 Å². The largest absolute Gasteiger partial charge is 0.398 e. The van der Waals surface area contributed by atoms with Gasteiger partial charge in [0.05, 0.1) is 23.8 Å². The van der Waals surface area contributed by atoms with Gasteiger partial charge in [-0.2, -0.15) is 0 Å². The van der Waals surface area contributed by atoms with Gasteiger partial charge in [0.25, 0.3) is 5.56 Å². The average molecular weight is 330 g/mol. The van der Waals surface area contributed by atoms with E-state index in [0.29, 0.717) is 12.2 Å². The summed E-state index contributed by atoms with van der Waals surface area (Å²) in [4.78, 5) is 16.2. The fourth-order valence-corrected chi connectivity index (χ4v) is 2.40. The quantitative estimate of drug-likeness (QED) is 0.735. The highest BCUT2D eigenvalue weighted by molar-refractivity contribution is 9.10. The van der Waals surface area contributed by atoms with Gasteiger partial charge in [-0.3, -0.25) is 4.79 Å². The van der Waals surface area contributed by atoms with Gasteiger partial charge in [-0.15, -0.1) is 0 Å². The number of rotatable bonds is 2. The zero-order valence-corrected chi connectivity index (χ0v) is 12.2. The molecule has 3 aromatic rings. The van der Waals surface area contributed by atoms with Gasteiger partial charge in [-0.25, -0.2) is 4.98 Å². The molecular formula is C15H12BrN3O. The van der Waals surface area contributed by atoms with Crippen molar-refractivity contribution in [2.45, 2.75) is 6.54 Å². The van der Waals surface area contributed by atoms with Gasteiger partial charge in [0.1, 0.15) is 0 Å². The maximum Gasteiger partial charge on any atom is 0.269 e. The second kappa shape index (κ2) is 5.09. The Kier molecular flexibility index (Phi) is 3.28. The smallest absolute Gasteiger partial charge is 0.269 e. The molecule has 5 heteroatoms. The van der Waals surface area contributed by atoms with Crippen LogP contribution in [-0.2, 0) is 6.54 Å². The van der Waals surface area contributed by atoms with Gasteiger partial charge < -0.3 is 10.3 Å². The fraction of sp³-hybridized carbons (Fsp3) is 0.0667. The number of aromatic nitrogens is 2. The summed E-state index contributed by atoms with van der Waals surface area (Å²) < 4.78 is 2.55. The van der Waals surface area contributed by atoms with Crippen LogP contribution in [0.25, 0.3) is 11.0 Å². The molecular weight excluding hydrogens is 318 g/mol. The first-order chi connectivity index (χ1) is 9.65. The molecule has 3 rings (SSSR count). The number of halogens is 1. The summed E-state index contributed by atoms with van der Waals surface area (Å²) >= 11 is 3.37. The molecule has 0 radical (unpaired) electrons. The first-order valence-electron chi connectivity index (χ1n) is 6.13. The second-order valence-electron chi connectivity index (χ2n) is 4.53. The van der Waals surface area contributed by atoms with Crippen molar-refractivity contribution < 1.29 is 0 Å². The van der Waals surface area contributed by atoms with Crippen molar-refractivity contribution in [2.24, 2.45) is 0 Å². The van der Waals surface area contributed by atoms with Crippen LogP contribution in [0.1, 0.15) is 5.56 Å². The minimum atomic E-state index is -0.120. The number of nitrogens with zero attached hydrogens (tertiary/aromatic N) is 2. The minimum absolute atomic E-state index is 0.120. The third-order valence-corrected chi connectivity index (χ3v) is 3.88. The molecule has 1 aromatic heterocycles. The summed E-state index contributed by atoms with van der Waals surface area (Å²) in [6.07, 6.45) is 1.35. The molecule has 0 bridgehead atoms. The molecule has 0 unspecified atom stereocenters. The first kappa shape index (κ1) is 12.9. The predicted molar refractivity (Wildman–Crippen MR) is 83.7 cm³/mol. The molecule has 0 aliphatic heterocycles. The zero-order chi connectivity index (χ0) is 14.1. The van der Waals surface area contributed by atoms with Crippen LogP contribution in [0.3, 0.4) is 0 Å². The summed E-state index contributed by atoms with van der Waals surface area (Å²) in [5.74, 6) is 0. The van der Waals surface area contributed by atoms with E-state index in [-0.39, 0.29) is 5.56 Å². The molecule has 2 N–H and O–H groups in total. The van der Waals surface area contributed by atoms with Crippen LogP contribution in [0.2, 0.25) is 0 Å². The number of nitrogen functional groups attached to an aromatic ring is 1. The third kappa shape index (κ3) is 2.32. The van der Waals surface area contributed by atoms with Crippen molar-refractivity contribution in [3.8, 4) is 0 Å². The van der Waals surface area contributed by atoms with Gasteiger partial charge in [-0.1, -0.05) is 18.2 Å². The molecule has 0 amide bonds. The van der Waals surface area contributed by atoms with Crippen LogP contribution < -0.4 is 11.3 Å². The van der Waals surface area contributed by atoms with Crippen LogP contribution in [-0.4, -0.2) is 9.55 Å². The summed E-state index contributed by atoms with van der Waals surface area (Å²) in [7, 11) is 0. The number of nitrogens with two attached hydrogens (primary N) is 1. The van der Waals surface area contributed by atoms with E-state index in [1.54, 1.807) is 4.57 Å². The number of hydrogen-bond acceptors (Lipinski definition) is 3. The van der Waals surface area contributed by atoms with E-state index in [1.807, 2.05) is 42.5 Å². The number of para-hydroxylation sites is 2. The standard InChI is InChI=1S/C15H12BrN3O/c16-11-6-5-10(7-12(11)17)9-19-14-4-2-1-3-13(14)18-8-15(19)20/h1-8H,9,17H2. The lowest BCUT2D eigenvalue weighted by Crippen LogP contribution is -2.21. The molecule has 0 saturated carbocycles. The topological polar surface area (TPSA) is 60.9 Å². The number of hydrogen-bond donors (Lipinski definition) is 1. The lowest BCUT2D eigenvalue weighted by atomic mass is 10.2. The molecule has 20 heavy (non-hydrogen) atoms. The number of benzene rings is 2. The summed E-state index contributed by atoms with van der Waals surface area (Å²) in [6.45, 7) is 0.472. The van der Waals surface area contributed by atoms with E-state index in [4.69, 9.17) is 5.73 Å². The van der Waals surface area contributed by atoms with E-state index in [9.17, 15) is 4.79 Å². The third-order valence-electron chi connectivity index (χ3n) is 3.15. The SMILES string of the molecule is Nc1cc(Cn2c(=O)cnc3ccccc32)ccc1Br. The maximum atomic E-state index is 12.0. The molecule has 0 saturated heterocycles. The summed E-state index contributed by atoms with van der Waals surface area (Å²) in [5.41, 5.74) is 9.02. The van der Waals surface area contributed by atoms with Crippen LogP contribution >= 0.6 is 15.9 Å². The predicted octanol–water partition coefficient (Wildman–Crippen LogP) is 2.79. The Morgan fingerprint density at radius 2 is 2.00 bits per heavy atom. The Morgan fingerprint density at radius 3 is 2.80 bits per heavy atom. The van der Waals surface area contributed by atoms with Crippen molar-refractivity contribution in [2.75, 3.05) is 5.73 Å². The molecule has 0 aliphatic carbocycles. The highest BCUT2D eigenvalue weighted by atomic mass is 79.9. The van der Waals surface area contributed by atoms with Gasteiger partial charge >= 0.3 is 0 Å². The van der Waals surface area contributed by atoms with Crippen LogP contribution in [0.4, 0.5) is 5.69 Å². The molecule has 1 heterocycles. The number of anilines is 1. The summed E-state index contributed by atoms with van der Waals surface area (Å²) in [6, 6.07) is 13.3. The molecule has 2 aromatic carbocycles. The number of fused-ring (bicyclic) bond motifs is 1. The minimum Gasteiger partial charge on any atom is -0.398 e. The van der Waals surface area contributed by atoms with Gasteiger partial charge in [0.15, 0.2) is 0 Å². The average Bonchev–Trinajstić information content (AvgIpc) is 2.46. The Morgan fingerprint density at radius 1 is 1.20 bits per heavy atom. The van der Waals surface area contributed by atoms with E-state index in [2.05, 4.69) is 20.9 Å². The van der Waals surface area contributed by atoms with Crippen molar-refractivity contribution >= 4 is 32.7 Å². The second-order valence-corrected chi connectivity index (χ2v) is 5.38. The van der Waals surface area contributed by atoms with Crippen LogP contribution in [0.15, 0.2) is 57.9 Å². The molecule has 0 fully saturated rings. The maximum absolute atomic E-state index is 12.0. The fourth-order valence-electron chi connectivity index (χ4n) is 2.15. The molecule has 0 spiro atoms. The highest BCUT2D eigenvalue weighted by Crippen LogP contribution is 2.21. The highest BCUT2D eigenvalue weighted by Gasteiger charge is 2.05. The monoisotopic (exact) mass is 329 g/mol. The van der Waals surface area contributed by atoms with Crippen LogP contribution in [0, 0.1) is 0 Å². The zero-order valence-electron chi connectivity index (χ0n) is 10.6. The van der Waals surface area contributed by atoms with Gasteiger partial charge in [0, 0.05) is 10.2 Å². The van der Waals surface area contributed by atoms with E-state index < -0.39 is 0 Å². The van der Waals surface area contributed by atoms with E-state index >= 15 is 0 Å². The van der Waals surface area contributed by atoms with Gasteiger partial charge in [-0.05, 0) is 45.8 Å². The Labute approximate surface area is 124 Å². The molecule has 0 aliphatic rings. The summed E-state index contributed by atoms with van der Waals surface area (Å²) in [5, 5.41) is 0. The molecule has 100 valence electrons. The van der Waals surface area contributed by atoms with Crippen molar-refractivity contribution in [3.05, 3.63) is 69.1 Å².